The van der Waals surface area contributed by atoms with Crippen molar-refractivity contribution in [2.75, 3.05) is 19.5 Å². The molecule has 9 heteroatoms. The zero-order valence-corrected chi connectivity index (χ0v) is 15.9. The summed E-state index contributed by atoms with van der Waals surface area (Å²) >= 11 is 0. The van der Waals surface area contributed by atoms with Crippen LogP contribution in [0.4, 0.5) is 10.1 Å². The number of halogens is 1. The van der Waals surface area contributed by atoms with Gasteiger partial charge >= 0.3 is 0 Å². The SMILES string of the molecule is COc1ccc(NC(=O)c2nnn3c2CO[C@@H](c2ccc(F)cc2)C3)c(OC)c1. The van der Waals surface area contributed by atoms with Gasteiger partial charge in [-0.05, 0) is 29.8 Å². The van der Waals surface area contributed by atoms with Crippen LogP contribution in [0.3, 0.4) is 0 Å². The Bertz CT molecular complexity index is 1040. The molecule has 2 aromatic carbocycles. The van der Waals surface area contributed by atoms with Gasteiger partial charge in [0, 0.05) is 6.07 Å². The summed E-state index contributed by atoms with van der Waals surface area (Å²) in [6, 6.07) is 11.2. The monoisotopic (exact) mass is 398 g/mol. The molecule has 1 aliphatic heterocycles. The number of hydrogen-bond donors (Lipinski definition) is 1. The van der Waals surface area contributed by atoms with Crippen LogP contribution in [0.15, 0.2) is 42.5 Å². The molecule has 0 unspecified atom stereocenters. The number of nitrogens with one attached hydrogen (secondary N) is 1. The lowest BCUT2D eigenvalue weighted by molar-refractivity contribution is -0.00174. The minimum Gasteiger partial charge on any atom is -0.497 e. The molecule has 0 radical (unpaired) electrons. The van der Waals surface area contributed by atoms with Crippen LogP contribution in [0.25, 0.3) is 0 Å². The summed E-state index contributed by atoms with van der Waals surface area (Å²) in [6.45, 7) is 0.546. The van der Waals surface area contributed by atoms with Gasteiger partial charge in [0.15, 0.2) is 5.69 Å². The zero-order valence-electron chi connectivity index (χ0n) is 15.9. The summed E-state index contributed by atoms with van der Waals surface area (Å²) < 4.78 is 31.1. The molecule has 8 nitrogen and oxygen atoms in total. The molecular formula is C20H19FN4O4. The average molecular weight is 398 g/mol. The van der Waals surface area contributed by atoms with Gasteiger partial charge < -0.3 is 19.5 Å². The number of benzene rings is 2. The molecule has 150 valence electrons. The van der Waals surface area contributed by atoms with E-state index < -0.39 is 5.91 Å². The van der Waals surface area contributed by atoms with E-state index in [4.69, 9.17) is 14.2 Å². The van der Waals surface area contributed by atoms with Crippen molar-refractivity contribution in [1.82, 2.24) is 15.0 Å². The summed E-state index contributed by atoms with van der Waals surface area (Å²) in [5.41, 5.74) is 2.08. The first-order valence-corrected chi connectivity index (χ1v) is 8.92. The second kappa shape index (κ2) is 7.88. The van der Waals surface area contributed by atoms with Gasteiger partial charge in [-0.2, -0.15) is 0 Å². The second-order valence-electron chi connectivity index (χ2n) is 6.44. The Morgan fingerprint density at radius 1 is 1.21 bits per heavy atom. The van der Waals surface area contributed by atoms with Crippen LogP contribution < -0.4 is 14.8 Å². The first kappa shape index (κ1) is 18.9. The Balaban J connectivity index is 1.52. The summed E-state index contributed by atoms with van der Waals surface area (Å²) in [4.78, 5) is 12.7. The lowest BCUT2D eigenvalue weighted by Gasteiger charge is -2.24. The van der Waals surface area contributed by atoms with Gasteiger partial charge in [-0.1, -0.05) is 17.3 Å². The minimum absolute atomic E-state index is 0.164. The normalized spacial score (nSPS) is 15.5. The van der Waals surface area contributed by atoms with E-state index in [-0.39, 0.29) is 24.2 Å². The first-order valence-electron chi connectivity index (χ1n) is 8.92. The van der Waals surface area contributed by atoms with Gasteiger partial charge in [0.1, 0.15) is 23.4 Å². The van der Waals surface area contributed by atoms with Crippen LogP contribution in [-0.4, -0.2) is 35.1 Å². The van der Waals surface area contributed by atoms with Gasteiger partial charge in [0.05, 0.1) is 38.8 Å². The first-order chi connectivity index (χ1) is 14.1. The Kier molecular flexibility index (Phi) is 5.13. The predicted molar refractivity (Wildman–Crippen MR) is 101 cm³/mol. The van der Waals surface area contributed by atoms with E-state index in [1.54, 1.807) is 42.1 Å². The number of aromatic nitrogens is 3. The quantitative estimate of drug-likeness (QED) is 0.711. The highest BCUT2D eigenvalue weighted by atomic mass is 19.1. The topological polar surface area (TPSA) is 87.5 Å². The third-order valence-corrected chi connectivity index (χ3v) is 4.71. The number of fused-ring (bicyclic) bond motifs is 1. The van der Waals surface area contributed by atoms with E-state index in [0.29, 0.717) is 29.4 Å². The van der Waals surface area contributed by atoms with Crippen LogP contribution in [0, 0.1) is 5.82 Å². The number of methoxy groups -OCH3 is 2. The van der Waals surface area contributed by atoms with Crippen molar-refractivity contribution < 1.29 is 23.4 Å². The average Bonchev–Trinajstić information content (AvgIpc) is 3.18. The standard InChI is InChI=1S/C20H19FN4O4/c1-27-14-7-8-15(17(9-14)28-2)22-20(26)19-16-11-29-18(10-25(16)24-23-19)12-3-5-13(21)6-4-12/h3-9,18H,10-11H2,1-2H3,(H,22,26)/t18-/m1/s1. The molecule has 0 spiro atoms. The number of ether oxygens (including phenoxy) is 3. The van der Waals surface area contributed by atoms with Crippen LogP contribution in [0.2, 0.25) is 0 Å². The molecule has 4 rings (SSSR count). The van der Waals surface area contributed by atoms with Crippen LogP contribution in [0.1, 0.15) is 27.8 Å². The summed E-state index contributed by atoms with van der Waals surface area (Å²) in [6.07, 6.45) is -0.289. The molecule has 1 aliphatic rings. The van der Waals surface area contributed by atoms with Gasteiger partial charge in [0.25, 0.3) is 5.91 Å². The number of nitrogens with zero attached hydrogens (tertiary/aromatic N) is 3. The number of anilines is 1. The number of amides is 1. The van der Waals surface area contributed by atoms with Crippen molar-refractivity contribution in [3.05, 3.63) is 65.2 Å². The maximum absolute atomic E-state index is 13.1. The Labute approximate surface area is 166 Å². The van der Waals surface area contributed by atoms with Gasteiger partial charge in [-0.15, -0.1) is 5.10 Å². The molecule has 0 fully saturated rings. The molecule has 0 bridgehead atoms. The van der Waals surface area contributed by atoms with Crippen molar-refractivity contribution >= 4 is 11.6 Å². The highest BCUT2D eigenvalue weighted by molar-refractivity contribution is 6.04. The molecule has 1 atom stereocenters. The number of carbonyl (C=O) groups excluding carboxylic acids is 1. The van der Waals surface area contributed by atoms with Crippen molar-refractivity contribution in [2.45, 2.75) is 19.3 Å². The van der Waals surface area contributed by atoms with Gasteiger partial charge in [-0.3, -0.25) is 4.79 Å². The Morgan fingerprint density at radius 2 is 2.00 bits per heavy atom. The fourth-order valence-corrected chi connectivity index (χ4v) is 3.15. The minimum atomic E-state index is -0.418. The molecule has 0 saturated carbocycles. The van der Waals surface area contributed by atoms with Crippen LogP contribution >= 0.6 is 0 Å². The van der Waals surface area contributed by atoms with Crippen LogP contribution in [-0.2, 0) is 17.9 Å². The van der Waals surface area contributed by atoms with E-state index in [1.165, 1.54) is 19.2 Å². The third-order valence-electron chi connectivity index (χ3n) is 4.71. The van der Waals surface area contributed by atoms with Crippen molar-refractivity contribution in [2.24, 2.45) is 0 Å². The molecule has 29 heavy (non-hydrogen) atoms. The molecule has 0 aliphatic carbocycles. The van der Waals surface area contributed by atoms with E-state index >= 15 is 0 Å². The second-order valence-corrected chi connectivity index (χ2v) is 6.44. The predicted octanol–water partition coefficient (Wildman–Crippen LogP) is 2.96. The van der Waals surface area contributed by atoms with Crippen LogP contribution in [0.5, 0.6) is 11.5 Å². The van der Waals surface area contributed by atoms with E-state index in [2.05, 4.69) is 15.6 Å². The summed E-state index contributed by atoms with van der Waals surface area (Å²) in [5, 5.41) is 10.9. The van der Waals surface area contributed by atoms with E-state index in [0.717, 1.165) is 5.56 Å². The largest absolute Gasteiger partial charge is 0.497 e. The molecule has 2 heterocycles. The molecule has 3 aromatic rings. The summed E-state index contributed by atoms with van der Waals surface area (Å²) in [7, 11) is 3.06. The van der Waals surface area contributed by atoms with Gasteiger partial charge in [-0.25, -0.2) is 9.07 Å². The van der Waals surface area contributed by atoms with E-state index in [1.807, 2.05) is 0 Å². The molecule has 0 saturated heterocycles. The fraction of sp³-hybridized carbons (Fsp3) is 0.250. The van der Waals surface area contributed by atoms with Gasteiger partial charge in [0.2, 0.25) is 0 Å². The lowest BCUT2D eigenvalue weighted by Crippen LogP contribution is -2.24. The molecule has 1 aromatic heterocycles. The summed E-state index contributed by atoms with van der Waals surface area (Å²) in [5.74, 6) is 0.352. The van der Waals surface area contributed by atoms with E-state index in [9.17, 15) is 9.18 Å². The maximum atomic E-state index is 13.1. The maximum Gasteiger partial charge on any atom is 0.278 e. The lowest BCUT2D eigenvalue weighted by atomic mass is 10.1. The van der Waals surface area contributed by atoms with Crippen molar-refractivity contribution in [1.29, 1.82) is 0 Å². The van der Waals surface area contributed by atoms with Crippen molar-refractivity contribution in [3.63, 3.8) is 0 Å². The Morgan fingerprint density at radius 3 is 2.72 bits per heavy atom. The third kappa shape index (κ3) is 3.77. The number of hydrogen-bond acceptors (Lipinski definition) is 6. The highest BCUT2D eigenvalue weighted by Gasteiger charge is 2.28. The molecule has 1 amide bonds. The number of carbonyl (C=O) groups is 1. The molecule has 1 N–H and O–H groups in total. The number of rotatable bonds is 5. The molecular weight excluding hydrogens is 379 g/mol. The zero-order chi connectivity index (χ0) is 20.4. The fourth-order valence-electron chi connectivity index (χ4n) is 3.15. The van der Waals surface area contributed by atoms with Crippen molar-refractivity contribution in [3.8, 4) is 11.5 Å². The smallest absolute Gasteiger partial charge is 0.278 e. The Hall–Kier alpha value is -3.46. The highest BCUT2D eigenvalue weighted by Crippen LogP contribution is 2.30.